The second-order valence-corrected chi connectivity index (χ2v) is 4.91. The van der Waals surface area contributed by atoms with E-state index in [-0.39, 0.29) is 28.4 Å². The summed E-state index contributed by atoms with van der Waals surface area (Å²) in [4.78, 5) is 4.45. The Labute approximate surface area is 128 Å². The molecule has 23 heavy (non-hydrogen) atoms. The van der Waals surface area contributed by atoms with Gasteiger partial charge in [-0.25, -0.2) is 8.78 Å². The SMILES string of the molecule is COc1c(C2=NOC(O)(C(F)F)C2)c(O)c(OC)c2occc12. The van der Waals surface area contributed by atoms with Crippen LogP contribution in [-0.4, -0.2) is 42.4 Å². The molecular weight excluding hydrogens is 316 g/mol. The van der Waals surface area contributed by atoms with Crippen molar-refractivity contribution < 1.29 is 37.7 Å². The lowest BCUT2D eigenvalue weighted by Crippen LogP contribution is -2.37. The predicted molar refractivity (Wildman–Crippen MR) is 74.2 cm³/mol. The number of ether oxygens (including phenoxy) is 2. The summed E-state index contributed by atoms with van der Waals surface area (Å²) < 4.78 is 41.3. The zero-order chi connectivity index (χ0) is 16.8. The third-order valence-electron chi connectivity index (χ3n) is 3.57. The first-order valence-corrected chi connectivity index (χ1v) is 6.53. The van der Waals surface area contributed by atoms with E-state index in [9.17, 15) is 19.0 Å². The highest BCUT2D eigenvalue weighted by molar-refractivity contribution is 6.12. The van der Waals surface area contributed by atoms with Gasteiger partial charge in [0.15, 0.2) is 11.3 Å². The normalized spacial score (nSPS) is 20.7. The molecule has 2 heterocycles. The maximum absolute atomic E-state index is 12.9. The molecule has 3 rings (SSSR count). The Morgan fingerprint density at radius 1 is 1.30 bits per heavy atom. The number of oxime groups is 1. The predicted octanol–water partition coefficient (Wildman–Crippen LogP) is 2.23. The van der Waals surface area contributed by atoms with E-state index in [4.69, 9.17) is 13.9 Å². The quantitative estimate of drug-likeness (QED) is 0.893. The summed E-state index contributed by atoms with van der Waals surface area (Å²) in [6.45, 7) is 0. The summed E-state index contributed by atoms with van der Waals surface area (Å²) in [7, 11) is 2.66. The minimum absolute atomic E-state index is 0.00372. The van der Waals surface area contributed by atoms with Crippen LogP contribution >= 0.6 is 0 Å². The molecule has 1 unspecified atom stereocenters. The standard InChI is InChI=1S/C14H13F2NO6/c1-20-10-6-3-4-22-11(6)12(21-2)9(18)8(10)7-5-14(19,13(15)16)23-17-7/h3-4,13,18-19H,5H2,1-2H3. The molecule has 0 saturated heterocycles. The number of hydrogen-bond acceptors (Lipinski definition) is 7. The molecule has 2 N–H and O–H groups in total. The lowest BCUT2D eigenvalue weighted by molar-refractivity contribution is -0.253. The summed E-state index contributed by atoms with van der Waals surface area (Å²) in [6.07, 6.45) is -2.43. The fourth-order valence-electron chi connectivity index (χ4n) is 2.49. The summed E-state index contributed by atoms with van der Waals surface area (Å²) in [6, 6.07) is 1.56. The maximum Gasteiger partial charge on any atom is 0.305 e. The van der Waals surface area contributed by atoms with Crippen molar-refractivity contribution in [1.82, 2.24) is 0 Å². The molecule has 0 bridgehead atoms. The molecule has 0 aliphatic carbocycles. The molecule has 1 aromatic heterocycles. The smallest absolute Gasteiger partial charge is 0.305 e. The van der Waals surface area contributed by atoms with Crippen LogP contribution in [0.15, 0.2) is 21.9 Å². The maximum atomic E-state index is 12.9. The Kier molecular flexibility index (Phi) is 3.52. The van der Waals surface area contributed by atoms with Gasteiger partial charge in [0, 0.05) is 0 Å². The van der Waals surface area contributed by atoms with E-state index in [0.29, 0.717) is 5.39 Å². The Morgan fingerprint density at radius 3 is 2.57 bits per heavy atom. The Morgan fingerprint density at radius 2 is 2.00 bits per heavy atom. The molecule has 1 aliphatic heterocycles. The van der Waals surface area contributed by atoms with Crippen molar-refractivity contribution in [2.75, 3.05) is 14.2 Å². The second kappa shape index (κ2) is 5.27. The first-order chi connectivity index (χ1) is 10.9. The second-order valence-electron chi connectivity index (χ2n) is 4.91. The van der Waals surface area contributed by atoms with Crippen LogP contribution in [0.5, 0.6) is 17.2 Å². The molecule has 1 atom stereocenters. The lowest BCUT2D eigenvalue weighted by Gasteiger charge is -2.18. The van der Waals surface area contributed by atoms with Crippen LogP contribution < -0.4 is 9.47 Å². The number of phenols is 1. The monoisotopic (exact) mass is 329 g/mol. The van der Waals surface area contributed by atoms with Crippen molar-refractivity contribution in [1.29, 1.82) is 0 Å². The van der Waals surface area contributed by atoms with Crippen LogP contribution in [0.2, 0.25) is 0 Å². The Bertz CT molecular complexity index is 787. The molecule has 0 fully saturated rings. The number of aromatic hydroxyl groups is 1. The van der Waals surface area contributed by atoms with Gasteiger partial charge in [0.1, 0.15) is 11.5 Å². The number of furan rings is 1. The van der Waals surface area contributed by atoms with Gasteiger partial charge in [-0.2, -0.15) is 0 Å². The number of benzene rings is 1. The molecule has 0 radical (unpaired) electrons. The van der Waals surface area contributed by atoms with E-state index >= 15 is 0 Å². The van der Waals surface area contributed by atoms with Crippen LogP contribution in [-0.2, 0) is 4.84 Å². The molecule has 2 aromatic rings. The fourth-order valence-corrected chi connectivity index (χ4v) is 2.49. The minimum atomic E-state index is -3.17. The number of rotatable bonds is 4. The average molecular weight is 329 g/mol. The number of aliphatic hydroxyl groups is 1. The van der Waals surface area contributed by atoms with Crippen molar-refractivity contribution in [2.45, 2.75) is 18.6 Å². The highest BCUT2D eigenvalue weighted by Gasteiger charge is 2.48. The highest BCUT2D eigenvalue weighted by atomic mass is 19.3. The molecular formula is C14H13F2NO6. The third kappa shape index (κ3) is 2.15. The van der Waals surface area contributed by atoms with Crippen LogP contribution in [0.4, 0.5) is 8.78 Å². The number of hydrogen-bond donors (Lipinski definition) is 2. The fraction of sp³-hybridized carbons (Fsp3) is 0.357. The summed E-state index contributed by atoms with van der Waals surface area (Å²) in [5, 5.41) is 24.0. The van der Waals surface area contributed by atoms with Gasteiger partial charge in [0.25, 0.3) is 0 Å². The van der Waals surface area contributed by atoms with E-state index < -0.39 is 24.4 Å². The van der Waals surface area contributed by atoms with Crippen molar-refractivity contribution in [3.05, 3.63) is 17.9 Å². The zero-order valence-electron chi connectivity index (χ0n) is 12.2. The number of nitrogens with zero attached hydrogens (tertiary/aromatic N) is 1. The zero-order valence-corrected chi connectivity index (χ0v) is 12.2. The van der Waals surface area contributed by atoms with Gasteiger partial charge in [-0.05, 0) is 6.07 Å². The Balaban J connectivity index is 2.20. The summed E-state index contributed by atoms with van der Waals surface area (Å²) in [5.74, 6) is -3.01. The largest absolute Gasteiger partial charge is 0.504 e. The first-order valence-electron chi connectivity index (χ1n) is 6.53. The van der Waals surface area contributed by atoms with Gasteiger partial charge in [0.2, 0.25) is 5.75 Å². The van der Waals surface area contributed by atoms with Gasteiger partial charge in [-0.1, -0.05) is 5.16 Å². The summed E-state index contributed by atoms with van der Waals surface area (Å²) in [5.41, 5.74) is 0.132. The Hall–Kier alpha value is -2.55. The van der Waals surface area contributed by atoms with Crippen molar-refractivity contribution >= 4 is 16.7 Å². The van der Waals surface area contributed by atoms with Gasteiger partial charge < -0.3 is 28.9 Å². The number of phenolic OH excluding ortho intramolecular Hbond substituents is 1. The van der Waals surface area contributed by atoms with Crippen LogP contribution in [0.3, 0.4) is 0 Å². The van der Waals surface area contributed by atoms with Crippen LogP contribution in [0.1, 0.15) is 12.0 Å². The number of fused-ring (bicyclic) bond motifs is 1. The van der Waals surface area contributed by atoms with Crippen LogP contribution in [0.25, 0.3) is 11.0 Å². The van der Waals surface area contributed by atoms with Gasteiger partial charge >= 0.3 is 12.2 Å². The van der Waals surface area contributed by atoms with Crippen LogP contribution in [0, 0.1) is 0 Å². The van der Waals surface area contributed by atoms with E-state index in [1.807, 2.05) is 0 Å². The average Bonchev–Trinajstić information content (AvgIpc) is 3.13. The summed E-state index contributed by atoms with van der Waals surface area (Å²) >= 11 is 0. The van der Waals surface area contributed by atoms with Crippen molar-refractivity contribution in [3.8, 4) is 17.2 Å². The lowest BCUT2D eigenvalue weighted by atomic mass is 9.98. The van der Waals surface area contributed by atoms with Crippen molar-refractivity contribution in [3.63, 3.8) is 0 Å². The molecule has 1 aromatic carbocycles. The molecule has 1 aliphatic rings. The molecule has 0 saturated carbocycles. The molecule has 124 valence electrons. The minimum Gasteiger partial charge on any atom is -0.504 e. The molecule has 9 heteroatoms. The van der Waals surface area contributed by atoms with E-state index in [2.05, 4.69) is 9.99 Å². The third-order valence-corrected chi connectivity index (χ3v) is 3.57. The number of methoxy groups -OCH3 is 2. The van der Waals surface area contributed by atoms with E-state index in [0.717, 1.165) is 0 Å². The number of halogens is 2. The van der Waals surface area contributed by atoms with Crippen molar-refractivity contribution in [2.24, 2.45) is 5.16 Å². The molecule has 7 nitrogen and oxygen atoms in total. The molecule has 0 amide bonds. The van der Waals surface area contributed by atoms with Gasteiger partial charge in [0.05, 0.1) is 37.9 Å². The highest BCUT2D eigenvalue weighted by Crippen LogP contribution is 2.47. The van der Waals surface area contributed by atoms with E-state index in [1.165, 1.54) is 20.5 Å². The number of alkyl halides is 2. The topological polar surface area (TPSA) is 93.7 Å². The first kappa shape index (κ1) is 15.3. The molecule has 0 spiro atoms. The van der Waals surface area contributed by atoms with Gasteiger partial charge in [-0.3, -0.25) is 0 Å². The van der Waals surface area contributed by atoms with Gasteiger partial charge in [-0.15, -0.1) is 0 Å². The van der Waals surface area contributed by atoms with E-state index in [1.54, 1.807) is 6.07 Å².